The van der Waals surface area contributed by atoms with Gasteiger partial charge in [-0.25, -0.2) is 4.99 Å². The maximum absolute atomic E-state index is 5.99. The number of likely N-dealkylation sites (tertiary alicyclic amines) is 1. The number of rotatable bonds is 8. The number of aliphatic imine (C=N–C) groups is 1. The Morgan fingerprint density at radius 2 is 1.86 bits per heavy atom. The van der Waals surface area contributed by atoms with Crippen molar-refractivity contribution in [2.75, 3.05) is 26.2 Å². The molecule has 0 amide bonds. The molecule has 1 aliphatic heterocycles. The van der Waals surface area contributed by atoms with Gasteiger partial charge in [0, 0.05) is 19.1 Å². The SMILES string of the molecule is CC1CCCCN1C(=Nc1ccc(OCCC2CCCCC2)cc1)NCCCN. The van der Waals surface area contributed by atoms with Crippen LogP contribution in [0.3, 0.4) is 0 Å². The fourth-order valence-corrected chi connectivity index (χ4v) is 4.48. The molecule has 1 saturated carbocycles. The molecule has 0 aromatic heterocycles. The van der Waals surface area contributed by atoms with Gasteiger partial charge in [-0.05, 0) is 75.8 Å². The minimum atomic E-state index is 0.523. The molecule has 5 heteroatoms. The highest BCUT2D eigenvalue weighted by atomic mass is 16.5. The molecule has 29 heavy (non-hydrogen) atoms. The van der Waals surface area contributed by atoms with Crippen molar-refractivity contribution in [3.63, 3.8) is 0 Å². The first-order valence-corrected chi connectivity index (χ1v) is 11.8. The molecule has 1 saturated heterocycles. The molecule has 162 valence electrons. The fourth-order valence-electron chi connectivity index (χ4n) is 4.48. The highest BCUT2D eigenvalue weighted by Crippen LogP contribution is 2.27. The standard InChI is InChI=1S/C24H40N4O/c1-20-8-5-6-18-28(20)24(26-17-7-16-25)27-22-11-13-23(14-12-22)29-19-15-21-9-3-2-4-10-21/h11-14,20-21H,2-10,15-19,25H2,1H3,(H,26,27). The van der Waals surface area contributed by atoms with Crippen molar-refractivity contribution in [2.45, 2.75) is 77.2 Å². The van der Waals surface area contributed by atoms with Crippen LogP contribution in [0, 0.1) is 5.92 Å². The summed E-state index contributed by atoms with van der Waals surface area (Å²) < 4.78 is 5.99. The summed E-state index contributed by atoms with van der Waals surface area (Å²) in [5.41, 5.74) is 6.64. The summed E-state index contributed by atoms with van der Waals surface area (Å²) >= 11 is 0. The van der Waals surface area contributed by atoms with Crippen LogP contribution in [0.1, 0.15) is 71.1 Å². The Bertz CT molecular complexity index is 610. The molecule has 0 spiro atoms. The number of nitrogens with zero attached hydrogens (tertiary/aromatic N) is 2. The third kappa shape index (κ3) is 7.22. The second-order valence-corrected chi connectivity index (χ2v) is 8.68. The Kier molecular flexibility index (Phi) is 9.13. The minimum absolute atomic E-state index is 0.523. The van der Waals surface area contributed by atoms with Crippen LogP contribution in [0.2, 0.25) is 0 Å². The predicted octanol–water partition coefficient (Wildman–Crippen LogP) is 4.84. The largest absolute Gasteiger partial charge is 0.494 e. The van der Waals surface area contributed by atoms with E-state index in [-0.39, 0.29) is 0 Å². The van der Waals surface area contributed by atoms with Gasteiger partial charge < -0.3 is 20.7 Å². The lowest BCUT2D eigenvalue weighted by atomic mass is 9.87. The monoisotopic (exact) mass is 400 g/mol. The number of nitrogens with two attached hydrogens (primary N) is 1. The maximum atomic E-state index is 5.99. The van der Waals surface area contributed by atoms with E-state index in [1.54, 1.807) is 0 Å². The Morgan fingerprint density at radius 1 is 1.10 bits per heavy atom. The van der Waals surface area contributed by atoms with Crippen LogP contribution in [-0.4, -0.2) is 43.1 Å². The average molecular weight is 401 g/mol. The topological polar surface area (TPSA) is 62.9 Å². The molecule has 1 aromatic carbocycles. The summed E-state index contributed by atoms with van der Waals surface area (Å²) in [4.78, 5) is 7.35. The Hall–Kier alpha value is -1.75. The quantitative estimate of drug-likeness (QED) is 0.372. The first kappa shape index (κ1) is 21.9. The second-order valence-electron chi connectivity index (χ2n) is 8.68. The van der Waals surface area contributed by atoms with Crippen molar-refractivity contribution >= 4 is 11.6 Å². The van der Waals surface area contributed by atoms with Crippen molar-refractivity contribution in [1.29, 1.82) is 0 Å². The maximum Gasteiger partial charge on any atom is 0.199 e. The van der Waals surface area contributed by atoms with Gasteiger partial charge in [-0.3, -0.25) is 0 Å². The van der Waals surface area contributed by atoms with E-state index < -0.39 is 0 Å². The molecule has 1 atom stereocenters. The van der Waals surface area contributed by atoms with E-state index >= 15 is 0 Å². The lowest BCUT2D eigenvalue weighted by Gasteiger charge is -2.36. The van der Waals surface area contributed by atoms with Gasteiger partial charge in [-0.1, -0.05) is 32.1 Å². The lowest BCUT2D eigenvalue weighted by molar-refractivity contribution is 0.246. The van der Waals surface area contributed by atoms with Crippen LogP contribution < -0.4 is 15.8 Å². The van der Waals surface area contributed by atoms with Crippen LogP contribution in [0.4, 0.5) is 5.69 Å². The first-order valence-electron chi connectivity index (χ1n) is 11.8. The van der Waals surface area contributed by atoms with E-state index in [9.17, 15) is 0 Å². The lowest BCUT2D eigenvalue weighted by Crippen LogP contribution is -2.48. The normalized spacial score (nSPS) is 21.2. The molecule has 5 nitrogen and oxygen atoms in total. The molecular formula is C24H40N4O. The fraction of sp³-hybridized carbons (Fsp3) is 0.708. The summed E-state index contributed by atoms with van der Waals surface area (Å²) in [6.45, 7) is 5.74. The summed E-state index contributed by atoms with van der Waals surface area (Å²) in [5, 5.41) is 3.52. The molecular weight excluding hydrogens is 360 g/mol. The van der Waals surface area contributed by atoms with Crippen molar-refractivity contribution < 1.29 is 4.74 Å². The molecule has 0 bridgehead atoms. The van der Waals surface area contributed by atoms with Crippen LogP contribution >= 0.6 is 0 Å². The zero-order valence-electron chi connectivity index (χ0n) is 18.2. The molecule has 1 aromatic rings. The number of guanidine groups is 1. The highest BCUT2D eigenvalue weighted by molar-refractivity contribution is 5.83. The number of nitrogens with one attached hydrogen (secondary N) is 1. The number of hydrogen-bond donors (Lipinski definition) is 2. The van der Waals surface area contributed by atoms with Gasteiger partial charge in [0.25, 0.3) is 0 Å². The molecule has 1 unspecified atom stereocenters. The molecule has 2 fully saturated rings. The van der Waals surface area contributed by atoms with Crippen molar-refractivity contribution in [3.05, 3.63) is 24.3 Å². The molecule has 2 aliphatic rings. The van der Waals surface area contributed by atoms with Gasteiger partial charge in [-0.2, -0.15) is 0 Å². The molecule has 3 rings (SSSR count). The predicted molar refractivity (Wildman–Crippen MR) is 122 cm³/mol. The summed E-state index contributed by atoms with van der Waals surface area (Å²) in [5.74, 6) is 2.79. The number of hydrogen-bond acceptors (Lipinski definition) is 3. The van der Waals surface area contributed by atoms with Gasteiger partial charge in [0.05, 0.1) is 12.3 Å². The van der Waals surface area contributed by atoms with Gasteiger partial charge in [-0.15, -0.1) is 0 Å². The summed E-state index contributed by atoms with van der Waals surface area (Å²) in [6, 6.07) is 8.76. The highest BCUT2D eigenvalue weighted by Gasteiger charge is 2.21. The zero-order valence-corrected chi connectivity index (χ0v) is 18.2. The van der Waals surface area contributed by atoms with Gasteiger partial charge in [0.2, 0.25) is 0 Å². The molecule has 1 aliphatic carbocycles. The van der Waals surface area contributed by atoms with Crippen molar-refractivity contribution in [1.82, 2.24) is 10.2 Å². The summed E-state index contributed by atoms with van der Waals surface area (Å²) in [7, 11) is 0. The average Bonchev–Trinajstić information content (AvgIpc) is 2.75. The summed E-state index contributed by atoms with van der Waals surface area (Å²) in [6.07, 6.45) is 12.9. The third-order valence-electron chi connectivity index (χ3n) is 6.33. The third-order valence-corrected chi connectivity index (χ3v) is 6.33. The smallest absolute Gasteiger partial charge is 0.199 e. The van der Waals surface area contributed by atoms with E-state index in [2.05, 4.69) is 41.4 Å². The Balaban J connectivity index is 1.56. The number of piperidine rings is 1. The molecule has 1 heterocycles. The second kappa shape index (κ2) is 12.1. The molecule has 0 radical (unpaired) electrons. The Labute approximate surface area is 177 Å². The van der Waals surface area contributed by atoms with Crippen LogP contribution in [0.5, 0.6) is 5.75 Å². The van der Waals surface area contributed by atoms with Gasteiger partial charge in [0.1, 0.15) is 5.75 Å². The van der Waals surface area contributed by atoms with Gasteiger partial charge >= 0.3 is 0 Å². The minimum Gasteiger partial charge on any atom is -0.494 e. The molecule has 3 N–H and O–H groups in total. The number of ether oxygens (including phenoxy) is 1. The van der Waals surface area contributed by atoms with Crippen LogP contribution in [-0.2, 0) is 0 Å². The van der Waals surface area contributed by atoms with Gasteiger partial charge in [0.15, 0.2) is 5.96 Å². The number of benzene rings is 1. The first-order chi connectivity index (χ1) is 14.3. The van der Waals surface area contributed by atoms with E-state index in [0.717, 1.165) is 49.4 Å². The van der Waals surface area contributed by atoms with Crippen LogP contribution in [0.15, 0.2) is 29.3 Å². The van der Waals surface area contributed by atoms with Crippen molar-refractivity contribution in [2.24, 2.45) is 16.6 Å². The van der Waals surface area contributed by atoms with E-state index in [0.29, 0.717) is 12.6 Å². The Morgan fingerprint density at radius 3 is 2.59 bits per heavy atom. The van der Waals surface area contributed by atoms with E-state index in [1.165, 1.54) is 57.8 Å². The zero-order chi connectivity index (χ0) is 20.3. The van der Waals surface area contributed by atoms with Crippen LogP contribution in [0.25, 0.3) is 0 Å². The van der Waals surface area contributed by atoms with E-state index in [4.69, 9.17) is 15.5 Å². The van der Waals surface area contributed by atoms with E-state index in [1.807, 2.05) is 0 Å². The van der Waals surface area contributed by atoms with Crippen molar-refractivity contribution in [3.8, 4) is 5.75 Å².